The van der Waals surface area contributed by atoms with Gasteiger partial charge < -0.3 is 4.74 Å². The SMILES string of the molecule is CC1=CCC(C(=O)Oc2cnc(-c3ccc(C)cc3)nc2)CC1. The first-order valence-corrected chi connectivity index (χ1v) is 7.88. The second-order valence-corrected chi connectivity index (χ2v) is 6.05. The van der Waals surface area contributed by atoms with Crippen molar-refractivity contribution in [2.75, 3.05) is 0 Å². The predicted octanol–water partition coefficient (Wildman–Crippen LogP) is 4.10. The average molecular weight is 308 g/mol. The van der Waals surface area contributed by atoms with Crippen LogP contribution in [-0.2, 0) is 4.79 Å². The maximum absolute atomic E-state index is 12.2. The first-order chi connectivity index (χ1) is 11.1. The Morgan fingerprint density at radius 1 is 1.13 bits per heavy atom. The second-order valence-electron chi connectivity index (χ2n) is 6.05. The molecule has 1 heterocycles. The molecule has 0 N–H and O–H groups in total. The van der Waals surface area contributed by atoms with E-state index >= 15 is 0 Å². The number of hydrogen-bond acceptors (Lipinski definition) is 4. The number of allylic oxidation sites excluding steroid dienone is 2. The Labute approximate surface area is 136 Å². The number of aryl methyl sites for hydroxylation is 1. The molecule has 2 aromatic rings. The van der Waals surface area contributed by atoms with Gasteiger partial charge in [-0.2, -0.15) is 0 Å². The van der Waals surface area contributed by atoms with Gasteiger partial charge in [-0.3, -0.25) is 4.79 Å². The van der Waals surface area contributed by atoms with E-state index in [-0.39, 0.29) is 11.9 Å². The van der Waals surface area contributed by atoms with Gasteiger partial charge in [0.1, 0.15) is 0 Å². The number of nitrogens with zero attached hydrogens (tertiary/aromatic N) is 2. The van der Waals surface area contributed by atoms with E-state index in [1.165, 1.54) is 11.1 Å². The fourth-order valence-corrected chi connectivity index (χ4v) is 2.60. The lowest BCUT2D eigenvalue weighted by molar-refractivity contribution is -0.139. The van der Waals surface area contributed by atoms with Gasteiger partial charge in [0.05, 0.1) is 18.3 Å². The van der Waals surface area contributed by atoms with Crippen molar-refractivity contribution in [2.45, 2.75) is 33.1 Å². The number of carbonyl (C=O) groups is 1. The van der Waals surface area contributed by atoms with Crippen molar-refractivity contribution in [3.63, 3.8) is 0 Å². The molecule has 0 amide bonds. The molecule has 0 spiro atoms. The van der Waals surface area contributed by atoms with Crippen LogP contribution in [0.4, 0.5) is 0 Å². The summed E-state index contributed by atoms with van der Waals surface area (Å²) >= 11 is 0. The van der Waals surface area contributed by atoms with Crippen LogP contribution in [0.1, 0.15) is 31.7 Å². The van der Waals surface area contributed by atoms with Crippen molar-refractivity contribution in [1.29, 1.82) is 0 Å². The average Bonchev–Trinajstić information content (AvgIpc) is 2.57. The molecule has 0 saturated heterocycles. The van der Waals surface area contributed by atoms with Crippen LogP contribution in [-0.4, -0.2) is 15.9 Å². The molecule has 118 valence electrons. The molecular weight excluding hydrogens is 288 g/mol. The smallest absolute Gasteiger partial charge is 0.314 e. The van der Waals surface area contributed by atoms with E-state index < -0.39 is 0 Å². The number of aromatic nitrogens is 2. The van der Waals surface area contributed by atoms with Crippen molar-refractivity contribution in [1.82, 2.24) is 9.97 Å². The van der Waals surface area contributed by atoms with Crippen LogP contribution in [0.25, 0.3) is 11.4 Å². The van der Waals surface area contributed by atoms with E-state index in [2.05, 4.69) is 23.0 Å². The molecule has 4 heteroatoms. The highest BCUT2D eigenvalue weighted by Gasteiger charge is 2.22. The zero-order valence-corrected chi connectivity index (χ0v) is 13.5. The Kier molecular flexibility index (Phi) is 4.51. The molecule has 1 aromatic heterocycles. The molecule has 0 radical (unpaired) electrons. The summed E-state index contributed by atoms with van der Waals surface area (Å²) in [6.45, 7) is 4.13. The van der Waals surface area contributed by atoms with Gasteiger partial charge in [-0.25, -0.2) is 9.97 Å². The van der Waals surface area contributed by atoms with Gasteiger partial charge in [0.15, 0.2) is 11.6 Å². The largest absolute Gasteiger partial charge is 0.423 e. The maximum Gasteiger partial charge on any atom is 0.314 e. The number of carbonyl (C=O) groups excluding carboxylic acids is 1. The van der Waals surface area contributed by atoms with E-state index in [0.717, 1.165) is 24.8 Å². The summed E-state index contributed by atoms with van der Waals surface area (Å²) in [6.07, 6.45) is 7.81. The molecule has 0 fully saturated rings. The highest BCUT2D eigenvalue weighted by molar-refractivity contribution is 5.75. The Hall–Kier alpha value is -2.49. The third kappa shape index (κ3) is 3.83. The molecule has 1 aromatic carbocycles. The molecule has 4 nitrogen and oxygen atoms in total. The minimum atomic E-state index is -0.194. The van der Waals surface area contributed by atoms with Crippen LogP contribution in [0, 0.1) is 12.8 Å². The number of hydrogen-bond donors (Lipinski definition) is 0. The van der Waals surface area contributed by atoms with Crippen LogP contribution >= 0.6 is 0 Å². The van der Waals surface area contributed by atoms with Crippen molar-refractivity contribution in [2.24, 2.45) is 5.92 Å². The lowest BCUT2D eigenvalue weighted by Gasteiger charge is -2.18. The molecule has 0 saturated carbocycles. The van der Waals surface area contributed by atoms with Gasteiger partial charge in [0, 0.05) is 5.56 Å². The Balaban J connectivity index is 1.65. The first kappa shape index (κ1) is 15.4. The molecule has 3 rings (SSSR count). The van der Waals surface area contributed by atoms with Gasteiger partial charge >= 0.3 is 5.97 Å². The third-order valence-electron chi connectivity index (χ3n) is 4.13. The molecule has 1 aliphatic rings. The quantitative estimate of drug-likeness (QED) is 0.632. The van der Waals surface area contributed by atoms with Crippen LogP contribution in [0.15, 0.2) is 48.3 Å². The summed E-state index contributed by atoms with van der Waals surface area (Å²) in [7, 11) is 0. The topological polar surface area (TPSA) is 52.1 Å². The van der Waals surface area contributed by atoms with E-state index in [0.29, 0.717) is 11.6 Å². The number of ether oxygens (including phenoxy) is 1. The number of rotatable bonds is 3. The van der Waals surface area contributed by atoms with Crippen LogP contribution in [0.2, 0.25) is 0 Å². The third-order valence-corrected chi connectivity index (χ3v) is 4.13. The van der Waals surface area contributed by atoms with Gasteiger partial charge in [-0.05, 0) is 33.1 Å². The Morgan fingerprint density at radius 3 is 2.43 bits per heavy atom. The Morgan fingerprint density at radius 2 is 1.83 bits per heavy atom. The number of benzene rings is 1. The molecule has 23 heavy (non-hydrogen) atoms. The highest BCUT2D eigenvalue weighted by atomic mass is 16.5. The molecule has 1 aliphatic carbocycles. The zero-order chi connectivity index (χ0) is 16.2. The summed E-state index contributed by atoms with van der Waals surface area (Å²) in [6, 6.07) is 8.00. The van der Waals surface area contributed by atoms with E-state index in [1.54, 1.807) is 12.4 Å². The maximum atomic E-state index is 12.2. The standard InChI is InChI=1S/C19H20N2O2/c1-13-3-7-15(8-4-13)18-20-11-17(12-21-18)23-19(22)16-9-5-14(2)6-10-16/h3-5,7-8,11-12,16H,6,9-10H2,1-2H3. The summed E-state index contributed by atoms with van der Waals surface area (Å²) in [5, 5.41) is 0. The van der Waals surface area contributed by atoms with E-state index in [1.807, 2.05) is 31.2 Å². The highest BCUT2D eigenvalue weighted by Crippen LogP contribution is 2.25. The van der Waals surface area contributed by atoms with Crippen molar-refractivity contribution >= 4 is 5.97 Å². The van der Waals surface area contributed by atoms with Gasteiger partial charge in [0.25, 0.3) is 0 Å². The predicted molar refractivity (Wildman–Crippen MR) is 88.9 cm³/mol. The molecule has 1 unspecified atom stereocenters. The first-order valence-electron chi connectivity index (χ1n) is 7.88. The van der Waals surface area contributed by atoms with Crippen molar-refractivity contribution < 1.29 is 9.53 Å². The molecule has 0 bridgehead atoms. The second kappa shape index (κ2) is 6.73. The van der Waals surface area contributed by atoms with Gasteiger partial charge in [0.2, 0.25) is 0 Å². The van der Waals surface area contributed by atoms with Crippen LogP contribution in [0.5, 0.6) is 5.75 Å². The monoisotopic (exact) mass is 308 g/mol. The summed E-state index contributed by atoms with van der Waals surface area (Å²) in [4.78, 5) is 20.7. The summed E-state index contributed by atoms with van der Waals surface area (Å²) < 4.78 is 5.41. The minimum absolute atomic E-state index is 0.0597. The minimum Gasteiger partial charge on any atom is -0.423 e. The normalized spacial score (nSPS) is 17.5. The lowest BCUT2D eigenvalue weighted by atomic mass is 9.90. The van der Waals surface area contributed by atoms with Crippen molar-refractivity contribution in [3.05, 3.63) is 53.9 Å². The summed E-state index contributed by atoms with van der Waals surface area (Å²) in [5.74, 6) is 0.772. The van der Waals surface area contributed by atoms with E-state index in [4.69, 9.17) is 4.74 Å². The molecule has 0 aliphatic heterocycles. The number of esters is 1. The van der Waals surface area contributed by atoms with Gasteiger partial charge in [-0.15, -0.1) is 0 Å². The zero-order valence-electron chi connectivity index (χ0n) is 13.5. The van der Waals surface area contributed by atoms with E-state index in [9.17, 15) is 4.79 Å². The fraction of sp³-hybridized carbons (Fsp3) is 0.316. The van der Waals surface area contributed by atoms with Crippen LogP contribution < -0.4 is 4.74 Å². The fourth-order valence-electron chi connectivity index (χ4n) is 2.60. The summed E-state index contributed by atoms with van der Waals surface area (Å²) in [5.41, 5.74) is 3.48. The van der Waals surface area contributed by atoms with Gasteiger partial charge in [-0.1, -0.05) is 41.5 Å². The Bertz CT molecular complexity index is 718. The van der Waals surface area contributed by atoms with Crippen LogP contribution in [0.3, 0.4) is 0 Å². The molecule has 1 atom stereocenters. The lowest BCUT2D eigenvalue weighted by Crippen LogP contribution is -2.22. The molecular formula is C19H20N2O2. The van der Waals surface area contributed by atoms with Crippen molar-refractivity contribution in [3.8, 4) is 17.1 Å².